The Kier molecular flexibility index (Phi) is 9.26. The molecule has 0 aliphatic rings. The second-order valence-corrected chi connectivity index (χ2v) is 8.92. The number of hydrazone groups is 1. The molecule has 0 bridgehead atoms. The molecular weight excluding hydrogens is 548 g/mol. The first kappa shape index (κ1) is 26.6. The quantitative estimate of drug-likeness (QED) is 0.105. The van der Waals surface area contributed by atoms with Crippen molar-refractivity contribution in [1.82, 2.24) is 5.43 Å². The van der Waals surface area contributed by atoms with Crippen LogP contribution in [0.25, 0.3) is 11.1 Å². The third kappa shape index (κ3) is 7.54. The van der Waals surface area contributed by atoms with Crippen LogP contribution in [0.2, 0.25) is 0 Å². The number of ether oxygens (including phenoxy) is 3. The molecule has 0 saturated heterocycles. The van der Waals surface area contributed by atoms with Crippen LogP contribution in [0.5, 0.6) is 17.2 Å². The number of nitrogens with zero attached hydrogens (tertiary/aromatic N) is 1. The predicted molar refractivity (Wildman–Crippen MR) is 150 cm³/mol. The molecule has 192 valence electrons. The fraction of sp³-hybridized carbons (Fsp3) is 0.100. The smallest absolute Gasteiger partial charge is 0.343 e. The molecule has 4 aromatic rings. The highest BCUT2D eigenvalue weighted by atomic mass is 79.9. The second kappa shape index (κ2) is 13.2. The Morgan fingerprint density at radius 3 is 2.26 bits per heavy atom. The van der Waals surface area contributed by atoms with Gasteiger partial charge >= 0.3 is 5.97 Å². The maximum Gasteiger partial charge on any atom is 0.343 e. The molecule has 0 saturated carbocycles. The molecule has 0 unspecified atom stereocenters. The zero-order valence-corrected chi connectivity index (χ0v) is 22.2. The van der Waals surface area contributed by atoms with Crippen LogP contribution in [0.3, 0.4) is 0 Å². The summed E-state index contributed by atoms with van der Waals surface area (Å²) in [6, 6.07) is 29.4. The van der Waals surface area contributed by atoms with E-state index in [1.165, 1.54) is 6.21 Å². The van der Waals surface area contributed by atoms with E-state index in [1.807, 2.05) is 61.5 Å². The van der Waals surface area contributed by atoms with Gasteiger partial charge in [0.1, 0.15) is 5.75 Å². The fourth-order valence-electron chi connectivity index (χ4n) is 3.44. The highest BCUT2D eigenvalue weighted by Gasteiger charge is 2.13. The molecule has 0 spiro atoms. The minimum atomic E-state index is -0.498. The maximum absolute atomic E-state index is 12.5. The molecule has 0 radical (unpaired) electrons. The Bertz CT molecular complexity index is 1410. The maximum atomic E-state index is 12.5. The zero-order chi connectivity index (χ0) is 26.7. The highest BCUT2D eigenvalue weighted by molar-refractivity contribution is 9.10. The lowest BCUT2D eigenvalue weighted by Gasteiger charge is -2.11. The lowest BCUT2D eigenvalue weighted by Crippen LogP contribution is -2.24. The van der Waals surface area contributed by atoms with Gasteiger partial charge in [0.05, 0.1) is 18.4 Å². The molecule has 8 heteroatoms. The molecule has 0 aliphatic heterocycles. The fourth-order valence-corrected chi connectivity index (χ4v) is 3.70. The molecular formula is C30H25BrN2O5. The molecule has 0 fully saturated rings. The molecule has 0 aromatic heterocycles. The van der Waals surface area contributed by atoms with E-state index in [9.17, 15) is 9.59 Å². The Morgan fingerprint density at radius 2 is 1.55 bits per heavy atom. The van der Waals surface area contributed by atoms with E-state index in [2.05, 4.69) is 26.5 Å². The lowest BCUT2D eigenvalue weighted by molar-refractivity contribution is -0.123. The van der Waals surface area contributed by atoms with Crippen LogP contribution in [0, 0.1) is 0 Å². The van der Waals surface area contributed by atoms with Crippen LogP contribution in [-0.4, -0.2) is 31.3 Å². The van der Waals surface area contributed by atoms with Gasteiger partial charge in [-0.2, -0.15) is 5.10 Å². The number of rotatable bonds is 10. The Morgan fingerprint density at radius 1 is 0.842 bits per heavy atom. The van der Waals surface area contributed by atoms with Gasteiger partial charge in [0.15, 0.2) is 18.1 Å². The van der Waals surface area contributed by atoms with Gasteiger partial charge in [0.25, 0.3) is 5.91 Å². The Balaban J connectivity index is 1.30. The molecule has 4 aromatic carbocycles. The first-order chi connectivity index (χ1) is 18.5. The first-order valence-electron chi connectivity index (χ1n) is 11.9. The number of nitrogens with one attached hydrogen (secondary N) is 1. The summed E-state index contributed by atoms with van der Waals surface area (Å²) in [6.45, 7) is 2.03. The summed E-state index contributed by atoms with van der Waals surface area (Å²) in [7, 11) is 0. The van der Waals surface area contributed by atoms with Crippen LogP contribution in [0.4, 0.5) is 0 Å². The number of amides is 1. The molecule has 0 aliphatic carbocycles. The van der Waals surface area contributed by atoms with Crippen molar-refractivity contribution < 1.29 is 23.8 Å². The normalized spacial score (nSPS) is 10.7. The van der Waals surface area contributed by atoms with E-state index in [1.54, 1.807) is 42.5 Å². The summed E-state index contributed by atoms with van der Waals surface area (Å²) in [6.07, 6.45) is 1.47. The van der Waals surface area contributed by atoms with Crippen molar-refractivity contribution in [2.24, 2.45) is 5.10 Å². The van der Waals surface area contributed by atoms with Crippen molar-refractivity contribution in [2.45, 2.75) is 6.92 Å². The second-order valence-electron chi connectivity index (χ2n) is 8.01. The van der Waals surface area contributed by atoms with E-state index in [-0.39, 0.29) is 12.4 Å². The standard InChI is InChI=1S/C30H25BrN2O5/c1-2-36-28-18-21(8-17-27(28)38-30(35)24-9-13-25(31)14-10-24)19-32-33-29(34)20-37-26-15-11-23(12-16-26)22-6-4-3-5-7-22/h3-19H,2,20H2,1H3,(H,33,34). The first-order valence-corrected chi connectivity index (χ1v) is 12.7. The van der Waals surface area contributed by atoms with E-state index >= 15 is 0 Å². The SMILES string of the molecule is CCOc1cc(C=NNC(=O)COc2ccc(-c3ccccc3)cc2)ccc1OC(=O)c1ccc(Br)cc1. The van der Waals surface area contributed by atoms with Crippen LogP contribution < -0.4 is 19.6 Å². The monoisotopic (exact) mass is 572 g/mol. The van der Waals surface area contributed by atoms with Gasteiger partial charge in [0.2, 0.25) is 0 Å². The van der Waals surface area contributed by atoms with Gasteiger partial charge in [-0.25, -0.2) is 10.2 Å². The number of hydrogen-bond acceptors (Lipinski definition) is 6. The van der Waals surface area contributed by atoms with E-state index in [0.29, 0.717) is 29.2 Å². The van der Waals surface area contributed by atoms with Crippen LogP contribution in [0.1, 0.15) is 22.8 Å². The third-order valence-corrected chi connectivity index (χ3v) is 5.81. The van der Waals surface area contributed by atoms with Gasteiger partial charge in [-0.05, 0) is 78.2 Å². The summed E-state index contributed by atoms with van der Waals surface area (Å²) < 4.78 is 17.6. The van der Waals surface area contributed by atoms with E-state index in [4.69, 9.17) is 14.2 Å². The predicted octanol–water partition coefficient (Wildman–Crippen LogP) is 6.26. The van der Waals surface area contributed by atoms with E-state index < -0.39 is 11.9 Å². The van der Waals surface area contributed by atoms with Crippen molar-refractivity contribution in [3.63, 3.8) is 0 Å². The lowest BCUT2D eigenvalue weighted by atomic mass is 10.1. The van der Waals surface area contributed by atoms with Gasteiger partial charge < -0.3 is 14.2 Å². The summed E-state index contributed by atoms with van der Waals surface area (Å²) in [5, 5.41) is 3.98. The zero-order valence-electron chi connectivity index (χ0n) is 20.6. The third-order valence-electron chi connectivity index (χ3n) is 5.28. The van der Waals surface area contributed by atoms with Gasteiger partial charge in [-0.15, -0.1) is 0 Å². The summed E-state index contributed by atoms with van der Waals surface area (Å²) in [5.74, 6) is 0.349. The van der Waals surface area contributed by atoms with Crippen molar-refractivity contribution >= 4 is 34.0 Å². The molecule has 7 nitrogen and oxygen atoms in total. The minimum Gasteiger partial charge on any atom is -0.490 e. The number of halogens is 1. The number of benzene rings is 4. The molecule has 4 rings (SSSR count). The average Bonchev–Trinajstić information content (AvgIpc) is 2.94. The van der Waals surface area contributed by atoms with Crippen molar-refractivity contribution in [3.05, 3.63) is 113 Å². The van der Waals surface area contributed by atoms with Crippen molar-refractivity contribution in [1.29, 1.82) is 0 Å². The van der Waals surface area contributed by atoms with Crippen LogP contribution in [-0.2, 0) is 4.79 Å². The van der Waals surface area contributed by atoms with Gasteiger partial charge in [-0.1, -0.05) is 58.4 Å². The summed E-state index contributed by atoms with van der Waals surface area (Å²) >= 11 is 3.34. The van der Waals surface area contributed by atoms with Gasteiger partial charge in [-0.3, -0.25) is 4.79 Å². The molecule has 38 heavy (non-hydrogen) atoms. The average molecular weight is 573 g/mol. The van der Waals surface area contributed by atoms with Crippen molar-refractivity contribution in [2.75, 3.05) is 13.2 Å². The number of esters is 1. The summed E-state index contributed by atoms with van der Waals surface area (Å²) in [5.41, 5.74) is 5.67. The van der Waals surface area contributed by atoms with Gasteiger partial charge in [0, 0.05) is 4.47 Å². The topological polar surface area (TPSA) is 86.2 Å². The summed E-state index contributed by atoms with van der Waals surface area (Å²) in [4.78, 5) is 24.6. The number of hydrogen-bond donors (Lipinski definition) is 1. The van der Waals surface area contributed by atoms with Crippen LogP contribution in [0.15, 0.2) is 107 Å². The largest absolute Gasteiger partial charge is 0.490 e. The molecule has 1 amide bonds. The van der Waals surface area contributed by atoms with Crippen LogP contribution >= 0.6 is 15.9 Å². The Hall–Kier alpha value is -4.43. The molecule has 0 heterocycles. The molecule has 1 N–H and O–H groups in total. The number of carbonyl (C=O) groups excluding carboxylic acids is 2. The van der Waals surface area contributed by atoms with Crippen molar-refractivity contribution in [3.8, 4) is 28.4 Å². The minimum absolute atomic E-state index is 0.183. The Labute approximate surface area is 229 Å². The van der Waals surface area contributed by atoms with E-state index in [0.717, 1.165) is 15.6 Å². The number of carbonyl (C=O) groups is 2. The molecule has 0 atom stereocenters. The highest BCUT2D eigenvalue weighted by Crippen LogP contribution is 2.29.